The van der Waals surface area contributed by atoms with Gasteiger partial charge in [-0.25, -0.2) is 15.0 Å². The maximum absolute atomic E-state index is 11.3. The molecule has 0 unspecified atom stereocenters. The monoisotopic (exact) mass is 431 g/mol. The summed E-state index contributed by atoms with van der Waals surface area (Å²) in [6.07, 6.45) is 0. The van der Waals surface area contributed by atoms with Crippen LogP contribution in [-0.4, -0.2) is 35.0 Å². The van der Waals surface area contributed by atoms with Crippen molar-refractivity contribution in [2.75, 3.05) is 0 Å². The average Bonchev–Trinajstić information content (AvgIpc) is 2.79. The van der Waals surface area contributed by atoms with Crippen LogP contribution < -0.4 is 0 Å². The van der Waals surface area contributed by atoms with E-state index in [0.29, 0.717) is 0 Å². The van der Waals surface area contributed by atoms with E-state index < -0.39 is 21.2 Å². The second-order valence-electron chi connectivity index (χ2n) is 6.59. The molecule has 2 N–H and O–H groups in total. The van der Waals surface area contributed by atoms with Gasteiger partial charge in [-0.1, -0.05) is 24.3 Å². The SMILES string of the molecule is O=[N+]([O-])c1cc(-c2nc(-c3ccccc3O)nc(-c3ccccc3O)n2)cc([N+](=O)[O-])c1. The first-order valence-corrected chi connectivity index (χ1v) is 9.10. The second kappa shape index (κ2) is 8.07. The summed E-state index contributed by atoms with van der Waals surface area (Å²) in [6, 6.07) is 15.5. The third-order valence-corrected chi connectivity index (χ3v) is 4.51. The number of nitro benzene ring substituents is 2. The van der Waals surface area contributed by atoms with E-state index in [4.69, 9.17) is 0 Å². The molecule has 0 aliphatic carbocycles. The molecule has 32 heavy (non-hydrogen) atoms. The topological polar surface area (TPSA) is 165 Å². The van der Waals surface area contributed by atoms with Crippen LogP contribution in [0.2, 0.25) is 0 Å². The summed E-state index contributed by atoms with van der Waals surface area (Å²) in [6.45, 7) is 0. The van der Waals surface area contributed by atoms with Crippen LogP contribution in [0.4, 0.5) is 11.4 Å². The highest BCUT2D eigenvalue weighted by atomic mass is 16.6. The first-order chi connectivity index (χ1) is 15.3. The van der Waals surface area contributed by atoms with Crippen LogP contribution in [0.15, 0.2) is 66.7 Å². The molecular formula is C21H13N5O6. The molecule has 11 nitrogen and oxygen atoms in total. The van der Waals surface area contributed by atoms with Gasteiger partial charge in [-0.05, 0) is 24.3 Å². The normalized spacial score (nSPS) is 10.6. The van der Waals surface area contributed by atoms with Gasteiger partial charge in [0, 0.05) is 17.7 Å². The molecule has 0 spiro atoms. The molecule has 0 saturated carbocycles. The van der Waals surface area contributed by atoms with Gasteiger partial charge >= 0.3 is 0 Å². The van der Waals surface area contributed by atoms with Crippen molar-refractivity contribution in [2.24, 2.45) is 0 Å². The molecule has 3 aromatic carbocycles. The number of aromatic hydroxyl groups is 2. The number of hydrogen-bond donors (Lipinski definition) is 2. The predicted octanol–water partition coefficient (Wildman–Crippen LogP) is 4.10. The van der Waals surface area contributed by atoms with E-state index in [0.717, 1.165) is 18.2 Å². The fourth-order valence-corrected chi connectivity index (χ4v) is 3.01. The van der Waals surface area contributed by atoms with Gasteiger partial charge in [-0.2, -0.15) is 0 Å². The zero-order chi connectivity index (χ0) is 22.8. The van der Waals surface area contributed by atoms with E-state index >= 15 is 0 Å². The fraction of sp³-hybridized carbons (Fsp3) is 0. The standard InChI is InChI=1S/C21H13N5O6/c27-17-7-3-1-5-15(17)20-22-19(23-21(24-20)16-6-2-4-8-18(16)28)12-9-13(25(29)30)11-14(10-12)26(31)32/h1-11,27-28H. The number of hydrogen-bond acceptors (Lipinski definition) is 9. The molecule has 158 valence electrons. The van der Waals surface area contributed by atoms with Crippen LogP contribution in [0.25, 0.3) is 34.2 Å². The molecule has 1 aromatic heterocycles. The molecule has 0 aliphatic heterocycles. The van der Waals surface area contributed by atoms with Crippen LogP contribution >= 0.6 is 0 Å². The van der Waals surface area contributed by atoms with E-state index in [-0.39, 0.29) is 45.7 Å². The summed E-state index contributed by atoms with van der Waals surface area (Å²) >= 11 is 0. The maximum Gasteiger partial charge on any atom is 0.277 e. The Labute approximate surface area is 179 Å². The van der Waals surface area contributed by atoms with E-state index in [2.05, 4.69) is 15.0 Å². The summed E-state index contributed by atoms with van der Waals surface area (Å²) in [5.74, 6) is -0.333. The Bertz CT molecular complexity index is 1280. The van der Waals surface area contributed by atoms with E-state index in [9.17, 15) is 30.4 Å². The van der Waals surface area contributed by atoms with Crippen molar-refractivity contribution in [2.45, 2.75) is 0 Å². The molecule has 11 heteroatoms. The fourth-order valence-electron chi connectivity index (χ4n) is 3.01. The number of phenolic OH excluding ortho intramolecular Hbond substituents is 2. The van der Waals surface area contributed by atoms with Crippen LogP contribution in [0.1, 0.15) is 0 Å². The number of non-ortho nitro benzene ring substituents is 2. The maximum atomic E-state index is 11.3. The quantitative estimate of drug-likeness (QED) is 0.349. The molecule has 4 aromatic rings. The van der Waals surface area contributed by atoms with Crippen LogP contribution in [0.3, 0.4) is 0 Å². The molecule has 0 atom stereocenters. The van der Waals surface area contributed by atoms with Crippen molar-refractivity contribution in [3.63, 3.8) is 0 Å². The van der Waals surface area contributed by atoms with Crippen molar-refractivity contribution in [3.05, 3.63) is 87.0 Å². The Morgan fingerprint density at radius 1 is 0.625 bits per heavy atom. The summed E-state index contributed by atoms with van der Waals surface area (Å²) in [4.78, 5) is 34.0. The minimum atomic E-state index is -0.758. The van der Waals surface area contributed by atoms with Gasteiger partial charge in [0.05, 0.1) is 27.0 Å². The highest BCUT2D eigenvalue weighted by Gasteiger charge is 2.21. The molecule has 4 rings (SSSR count). The zero-order valence-electron chi connectivity index (χ0n) is 16.1. The van der Waals surface area contributed by atoms with Crippen molar-refractivity contribution in [1.82, 2.24) is 15.0 Å². The average molecular weight is 431 g/mol. The largest absolute Gasteiger partial charge is 0.507 e. The third-order valence-electron chi connectivity index (χ3n) is 4.51. The number of benzene rings is 3. The Morgan fingerprint density at radius 2 is 1.03 bits per heavy atom. The van der Waals surface area contributed by atoms with Crippen molar-refractivity contribution in [1.29, 1.82) is 0 Å². The summed E-state index contributed by atoms with van der Waals surface area (Å²) < 4.78 is 0. The lowest BCUT2D eigenvalue weighted by Gasteiger charge is -2.10. The van der Waals surface area contributed by atoms with E-state index in [1.54, 1.807) is 36.4 Å². The first kappa shape index (κ1) is 20.3. The van der Waals surface area contributed by atoms with E-state index in [1.807, 2.05) is 0 Å². The molecule has 0 bridgehead atoms. The minimum Gasteiger partial charge on any atom is -0.507 e. The smallest absolute Gasteiger partial charge is 0.277 e. The first-order valence-electron chi connectivity index (χ1n) is 9.10. The number of rotatable bonds is 5. The van der Waals surface area contributed by atoms with Gasteiger partial charge in [0.2, 0.25) is 0 Å². The van der Waals surface area contributed by atoms with Crippen LogP contribution in [0, 0.1) is 20.2 Å². The predicted molar refractivity (Wildman–Crippen MR) is 113 cm³/mol. The van der Waals surface area contributed by atoms with Gasteiger partial charge in [0.25, 0.3) is 11.4 Å². The molecule has 0 aliphatic rings. The van der Waals surface area contributed by atoms with Gasteiger partial charge in [-0.15, -0.1) is 0 Å². The van der Waals surface area contributed by atoms with Crippen molar-refractivity contribution in [3.8, 4) is 45.7 Å². The van der Waals surface area contributed by atoms with E-state index in [1.165, 1.54) is 12.1 Å². The van der Waals surface area contributed by atoms with Crippen LogP contribution in [-0.2, 0) is 0 Å². The summed E-state index contributed by atoms with van der Waals surface area (Å²) in [7, 11) is 0. The highest BCUT2D eigenvalue weighted by Crippen LogP contribution is 2.34. The van der Waals surface area contributed by atoms with Crippen molar-refractivity contribution < 1.29 is 20.1 Å². The van der Waals surface area contributed by atoms with Gasteiger partial charge in [-0.3, -0.25) is 20.2 Å². The summed E-state index contributed by atoms with van der Waals surface area (Å²) in [5.41, 5.74) is -0.534. The number of nitro groups is 2. The summed E-state index contributed by atoms with van der Waals surface area (Å²) in [5, 5.41) is 43.1. The van der Waals surface area contributed by atoms with Gasteiger partial charge in [0.1, 0.15) is 11.5 Å². The van der Waals surface area contributed by atoms with Gasteiger partial charge in [0.15, 0.2) is 17.5 Å². The number of nitrogens with zero attached hydrogens (tertiary/aromatic N) is 5. The number of aromatic nitrogens is 3. The molecular weight excluding hydrogens is 418 g/mol. The lowest BCUT2D eigenvalue weighted by molar-refractivity contribution is -0.394. The Hall–Kier alpha value is -4.93. The highest BCUT2D eigenvalue weighted by molar-refractivity contribution is 5.73. The van der Waals surface area contributed by atoms with Gasteiger partial charge < -0.3 is 10.2 Å². The van der Waals surface area contributed by atoms with Crippen LogP contribution in [0.5, 0.6) is 11.5 Å². The lowest BCUT2D eigenvalue weighted by atomic mass is 10.1. The Balaban J connectivity index is 2.01. The molecule has 0 amide bonds. The minimum absolute atomic E-state index is 0.00152. The molecule has 0 fully saturated rings. The molecule has 1 heterocycles. The Kier molecular flexibility index (Phi) is 5.13. The third kappa shape index (κ3) is 3.89. The zero-order valence-corrected chi connectivity index (χ0v) is 16.1. The lowest BCUT2D eigenvalue weighted by Crippen LogP contribution is -2.01. The Morgan fingerprint density at radius 3 is 1.44 bits per heavy atom. The number of para-hydroxylation sites is 2. The van der Waals surface area contributed by atoms with Crippen molar-refractivity contribution >= 4 is 11.4 Å². The molecule has 0 radical (unpaired) electrons. The molecule has 0 saturated heterocycles. The number of phenols is 2. The second-order valence-corrected chi connectivity index (χ2v) is 6.59.